The molecule has 2 N–H and O–H groups in total. The molecule has 0 amide bonds. The molecule has 5 nitrogen and oxygen atoms in total. The van der Waals surface area contributed by atoms with Crippen molar-refractivity contribution in [1.82, 2.24) is 0 Å². The second-order valence-electron chi connectivity index (χ2n) is 4.15. The van der Waals surface area contributed by atoms with Gasteiger partial charge in [0.15, 0.2) is 0 Å². The van der Waals surface area contributed by atoms with Gasteiger partial charge in [-0.25, -0.2) is 22.0 Å². The average molecular weight is 348 g/mol. The van der Waals surface area contributed by atoms with Crippen LogP contribution in [0.4, 0.5) is 14.5 Å². The molecule has 0 radical (unpaired) electrons. The zero-order chi connectivity index (χ0) is 16.5. The van der Waals surface area contributed by atoms with Gasteiger partial charge in [0.25, 0.3) is 10.0 Å². The van der Waals surface area contributed by atoms with Crippen molar-refractivity contribution in [3.05, 3.63) is 58.6 Å². The van der Waals surface area contributed by atoms with E-state index in [0.29, 0.717) is 0 Å². The van der Waals surface area contributed by atoms with E-state index >= 15 is 0 Å². The number of rotatable bonds is 4. The first-order valence-corrected chi connectivity index (χ1v) is 7.58. The molecule has 2 aromatic rings. The second kappa shape index (κ2) is 5.90. The maximum Gasteiger partial charge on any atom is 0.340 e. The van der Waals surface area contributed by atoms with Crippen LogP contribution in [0.5, 0.6) is 0 Å². The normalized spacial score (nSPS) is 11.2. The van der Waals surface area contributed by atoms with Gasteiger partial charge in [-0.05, 0) is 30.3 Å². The Labute approximate surface area is 129 Å². The van der Waals surface area contributed by atoms with Crippen molar-refractivity contribution in [2.75, 3.05) is 4.72 Å². The third kappa shape index (κ3) is 3.18. The van der Waals surface area contributed by atoms with Crippen molar-refractivity contribution in [2.24, 2.45) is 0 Å². The quantitative estimate of drug-likeness (QED) is 0.890. The maximum absolute atomic E-state index is 13.5. The fraction of sp³-hybridized carbons (Fsp3) is 0. The van der Waals surface area contributed by atoms with Gasteiger partial charge in [-0.3, -0.25) is 4.72 Å². The minimum Gasteiger partial charge on any atom is -0.478 e. The molecular weight excluding hydrogens is 340 g/mol. The molecule has 0 aliphatic carbocycles. The Morgan fingerprint density at radius 2 is 1.82 bits per heavy atom. The van der Waals surface area contributed by atoms with E-state index in [-0.39, 0.29) is 4.90 Å². The van der Waals surface area contributed by atoms with Crippen LogP contribution in [-0.4, -0.2) is 19.5 Å². The molecule has 0 fully saturated rings. The van der Waals surface area contributed by atoms with Crippen molar-refractivity contribution in [3.63, 3.8) is 0 Å². The molecular formula is C13H8ClF2NO4S. The molecule has 0 unspecified atom stereocenters. The number of aromatic carboxylic acids is 1. The molecule has 2 aromatic carbocycles. The van der Waals surface area contributed by atoms with Crippen LogP contribution in [-0.2, 0) is 10.0 Å². The summed E-state index contributed by atoms with van der Waals surface area (Å²) in [5, 5.41) is 8.53. The zero-order valence-electron chi connectivity index (χ0n) is 10.7. The van der Waals surface area contributed by atoms with E-state index in [1.165, 1.54) is 0 Å². The predicted molar refractivity (Wildman–Crippen MR) is 75.6 cm³/mol. The van der Waals surface area contributed by atoms with E-state index in [4.69, 9.17) is 16.7 Å². The Hall–Kier alpha value is -2.19. The number of carboxylic acid groups (broad SMARTS) is 1. The molecule has 0 saturated heterocycles. The minimum atomic E-state index is -4.26. The van der Waals surface area contributed by atoms with Crippen LogP contribution in [0.25, 0.3) is 0 Å². The van der Waals surface area contributed by atoms with Crippen LogP contribution >= 0.6 is 11.6 Å². The molecule has 0 heterocycles. The summed E-state index contributed by atoms with van der Waals surface area (Å²) in [5.74, 6) is -3.53. The molecule has 0 aromatic heterocycles. The van der Waals surface area contributed by atoms with Crippen LogP contribution in [0.15, 0.2) is 41.3 Å². The van der Waals surface area contributed by atoms with Crippen LogP contribution < -0.4 is 4.72 Å². The number of hydrogen-bond donors (Lipinski definition) is 2. The lowest BCUT2D eigenvalue weighted by atomic mass is 10.2. The van der Waals surface area contributed by atoms with Gasteiger partial charge in [0, 0.05) is 0 Å². The Morgan fingerprint density at radius 1 is 1.14 bits per heavy atom. The summed E-state index contributed by atoms with van der Waals surface area (Å²) in [7, 11) is -4.26. The first-order valence-electron chi connectivity index (χ1n) is 5.72. The van der Waals surface area contributed by atoms with Crippen molar-refractivity contribution in [3.8, 4) is 0 Å². The number of halogens is 3. The first-order chi connectivity index (χ1) is 10.2. The molecule has 0 bridgehead atoms. The molecule has 0 atom stereocenters. The average Bonchev–Trinajstić information content (AvgIpc) is 2.40. The van der Waals surface area contributed by atoms with E-state index in [1.54, 1.807) is 0 Å². The summed E-state index contributed by atoms with van der Waals surface area (Å²) in [6, 6.07) is 5.78. The number of hydrogen-bond acceptors (Lipinski definition) is 3. The summed E-state index contributed by atoms with van der Waals surface area (Å²) in [4.78, 5) is 10.6. The minimum absolute atomic E-state index is 0.389. The molecule has 116 valence electrons. The summed E-state index contributed by atoms with van der Waals surface area (Å²) in [6.07, 6.45) is 0. The van der Waals surface area contributed by atoms with Crippen molar-refractivity contribution >= 4 is 33.3 Å². The lowest BCUT2D eigenvalue weighted by Crippen LogP contribution is -2.16. The van der Waals surface area contributed by atoms with Crippen LogP contribution in [0.3, 0.4) is 0 Å². The number of nitrogens with one attached hydrogen (secondary N) is 1. The molecule has 9 heteroatoms. The summed E-state index contributed by atoms with van der Waals surface area (Å²) in [5.41, 5.74) is -1.27. The van der Waals surface area contributed by atoms with Crippen LogP contribution in [0, 0.1) is 11.6 Å². The van der Waals surface area contributed by atoms with Crippen molar-refractivity contribution < 1.29 is 27.1 Å². The molecule has 0 spiro atoms. The Morgan fingerprint density at radius 3 is 2.41 bits per heavy atom. The van der Waals surface area contributed by atoms with Gasteiger partial charge in [-0.2, -0.15) is 0 Å². The van der Waals surface area contributed by atoms with E-state index < -0.39 is 43.9 Å². The summed E-state index contributed by atoms with van der Waals surface area (Å²) < 4.78 is 52.8. The lowest BCUT2D eigenvalue weighted by Gasteiger charge is -2.11. The standard InChI is InChI=1S/C13H8ClF2NO4S/c14-8-6-7(4-5-9(8)15)22(20,21)17-11-3-1-2-10(16)12(11)13(18)19/h1-6,17H,(H,18,19). The summed E-state index contributed by atoms with van der Waals surface area (Å²) in [6.45, 7) is 0. The largest absolute Gasteiger partial charge is 0.478 e. The number of sulfonamides is 1. The fourth-order valence-electron chi connectivity index (χ4n) is 1.67. The van der Waals surface area contributed by atoms with Gasteiger partial charge in [0.05, 0.1) is 15.6 Å². The van der Waals surface area contributed by atoms with E-state index in [2.05, 4.69) is 0 Å². The highest BCUT2D eigenvalue weighted by Gasteiger charge is 2.22. The molecule has 22 heavy (non-hydrogen) atoms. The Bertz CT molecular complexity index is 855. The topological polar surface area (TPSA) is 83.5 Å². The maximum atomic E-state index is 13.5. The van der Waals surface area contributed by atoms with E-state index in [0.717, 1.165) is 36.4 Å². The van der Waals surface area contributed by atoms with Crippen LogP contribution in [0.1, 0.15) is 10.4 Å². The van der Waals surface area contributed by atoms with Gasteiger partial charge in [-0.1, -0.05) is 17.7 Å². The number of anilines is 1. The fourth-order valence-corrected chi connectivity index (χ4v) is 3.02. The molecule has 0 saturated carbocycles. The number of carbonyl (C=O) groups is 1. The highest BCUT2D eigenvalue weighted by molar-refractivity contribution is 7.92. The van der Waals surface area contributed by atoms with Gasteiger partial charge < -0.3 is 5.11 Å². The second-order valence-corrected chi connectivity index (χ2v) is 6.24. The highest BCUT2D eigenvalue weighted by atomic mass is 35.5. The molecule has 0 aliphatic heterocycles. The van der Waals surface area contributed by atoms with Crippen LogP contribution in [0.2, 0.25) is 5.02 Å². The predicted octanol–water partition coefficient (Wildman–Crippen LogP) is 3.12. The van der Waals surface area contributed by atoms with Crippen molar-refractivity contribution in [2.45, 2.75) is 4.90 Å². The molecule has 2 rings (SSSR count). The summed E-state index contributed by atoms with van der Waals surface area (Å²) >= 11 is 5.51. The Kier molecular flexibility index (Phi) is 4.34. The third-order valence-corrected chi connectivity index (χ3v) is 4.33. The third-order valence-electron chi connectivity index (χ3n) is 2.67. The lowest BCUT2D eigenvalue weighted by molar-refractivity contribution is 0.0693. The first kappa shape index (κ1) is 16.2. The number of benzene rings is 2. The van der Waals surface area contributed by atoms with E-state index in [1.807, 2.05) is 4.72 Å². The SMILES string of the molecule is O=C(O)c1c(F)cccc1NS(=O)(=O)c1ccc(F)c(Cl)c1. The van der Waals surface area contributed by atoms with Gasteiger partial charge in [-0.15, -0.1) is 0 Å². The zero-order valence-corrected chi connectivity index (χ0v) is 12.3. The smallest absolute Gasteiger partial charge is 0.340 e. The number of carboxylic acids is 1. The van der Waals surface area contributed by atoms with Gasteiger partial charge in [0.2, 0.25) is 0 Å². The van der Waals surface area contributed by atoms with E-state index in [9.17, 15) is 22.0 Å². The molecule has 0 aliphatic rings. The Balaban J connectivity index is 2.48. The monoisotopic (exact) mass is 347 g/mol. The van der Waals surface area contributed by atoms with Crippen molar-refractivity contribution in [1.29, 1.82) is 0 Å². The van der Waals surface area contributed by atoms with Gasteiger partial charge in [0.1, 0.15) is 17.2 Å². The highest BCUT2D eigenvalue weighted by Crippen LogP contribution is 2.25. The van der Waals surface area contributed by atoms with Gasteiger partial charge >= 0.3 is 5.97 Å².